The fourth-order valence-corrected chi connectivity index (χ4v) is 5.64. The fourth-order valence-electron chi connectivity index (χ4n) is 5.64. The largest absolute Gasteiger partial charge is 0.158 e. The zero-order valence-corrected chi connectivity index (χ0v) is 20.5. The van der Waals surface area contributed by atoms with Gasteiger partial charge in [0.15, 0.2) is 0 Å². The van der Waals surface area contributed by atoms with Gasteiger partial charge in [-0.05, 0) is 77.1 Å². The van der Waals surface area contributed by atoms with Crippen LogP contribution in [0.2, 0.25) is 0 Å². The van der Waals surface area contributed by atoms with Gasteiger partial charge in [0.05, 0.1) is 12.4 Å². The number of benzene rings is 4. The Morgan fingerprint density at radius 2 is 1.36 bits per heavy atom. The van der Waals surface area contributed by atoms with E-state index in [4.69, 9.17) is 0 Å². The Kier molecular flexibility index (Phi) is 6.41. The lowest BCUT2D eigenvalue weighted by atomic mass is 9.78. The van der Waals surface area contributed by atoms with Gasteiger partial charge in [-0.3, -0.25) is 0 Å². The number of hydrogen-bond donors (Lipinski definition) is 0. The van der Waals surface area contributed by atoms with Crippen LogP contribution in [0.5, 0.6) is 0 Å². The first-order chi connectivity index (χ1) is 17.9. The maximum Gasteiger partial charge on any atom is 0.0574 e. The first-order valence-corrected chi connectivity index (χ1v) is 13.0. The lowest BCUT2D eigenvalue weighted by Gasteiger charge is -2.26. The van der Waals surface area contributed by atoms with Crippen LogP contribution in [0.25, 0.3) is 27.1 Å². The van der Waals surface area contributed by atoms with Gasteiger partial charge in [0.2, 0.25) is 0 Å². The van der Waals surface area contributed by atoms with Crippen molar-refractivity contribution in [3.8, 4) is 0 Å². The Balaban J connectivity index is 0.000000200. The van der Waals surface area contributed by atoms with E-state index in [0.717, 1.165) is 23.6 Å². The molecule has 1 heterocycles. The molecule has 1 aromatic heterocycles. The van der Waals surface area contributed by atoms with Crippen molar-refractivity contribution in [2.45, 2.75) is 38.5 Å². The molecule has 0 atom stereocenters. The van der Waals surface area contributed by atoms with Crippen LogP contribution in [-0.2, 0) is 19.3 Å². The molecule has 0 bridgehead atoms. The van der Waals surface area contributed by atoms with E-state index in [1.165, 1.54) is 58.7 Å². The highest BCUT2D eigenvalue weighted by Gasteiger charge is 2.21. The third-order valence-corrected chi connectivity index (χ3v) is 7.47. The smallest absolute Gasteiger partial charge is 0.0574 e. The summed E-state index contributed by atoms with van der Waals surface area (Å²) in [5.41, 5.74) is 9.18. The summed E-state index contributed by atoms with van der Waals surface area (Å²) in [6.45, 7) is 0. The van der Waals surface area contributed by atoms with Crippen molar-refractivity contribution in [1.29, 1.82) is 0 Å². The van der Waals surface area contributed by atoms with Crippen molar-refractivity contribution < 1.29 is 0 Å². The molecule has 4 aromatic carbocycles. The molecule has 2 nitrogen and oxygen atoms in total. The van der Waals surface area contributed by atoms with Crippen LogP contribution in [0.1, 0.15) is 41.5 Å². The summed E-state index contributed by atoms with van der Waals surface area (Å²) in [7, 11) is 0. The van der Waals surface area contributed by atoms with Gasteiger partial charge >= 0.3 is 0 Å². The third-order valence-electron chi connectivity index (χ3n) is 7.47. The Bertz CT molecular complexity index is 1510. The van der Waals surface area contributed by atoms with E-state index in [2.05, 4.69) is 83.0 Å². The topological polar surface area (TPSA) is 25.8 Å². The zero-order valence-electron chi connectivity index (χ0n) is 20.5. The first kappa shape index (κ1) is 22.4. The number of nitrogens with zero attached hydrogens (tertiary/aromatic N) is 2. The molecule has 0 N–H and O–H groups in total. The van der Waals surface area contributed by atoms with E-state index in [0.29, 0.717) is 0 Å². The van der Waals surface area contributed by atoms with Gasteiger partial charge in [0.1, 0.15) is 0 Å². The number of fused-ring (bicyclic) bond motifs is 5. The molecule has 176 valence electrons. The van der Waals surface area contributed by atoms with Gasteiger partial charge in [-0.15, -0.1) is 0 Å². The molecule has 0 spiro atoms. The summed E-state index contributed by atoms with van der Waals surface area (Å²) in [4.78, 5) is 0. The summed E-state index contributed by atoms with van der Waals surface area (Å²) >= 11 is 0. The number of rotatable bonds is 3. The fraction of sp³-hybridized carbons (Fsp3) is 0.176. The first-order valence-electron chi connectivity index (χ1n) is 13.0. The molecule has 0 saturated heterocycles. The molecule has 0 fully saturated rings. The van der Waals surface area contributed by atoms with Crippen molar-refractivity contribution in [1.82, 2.24) is 10.2 Å². The number of hydrogen-bond acceptors (Lipinski definition) is 2. The summed E-state index contributed by atoms with van der Waals surface area (Å²) in [5, 5.41) is 12.7. The summed E-state index contributed by atoms with van der Waals surface area (Å²) in [6, 6.07) is 30.4. The normalized spacial score (nSPS) is 14.2. The van der Waals surface area contributed by atoms with E-state index >= 15 is 0 Å². The van der Waals surface area contributed by atoms with Crippen LogP contribution in [0, 0.1) is 0 Å². The Morgan fingerprint density at radius 3 is 2.17 bits per heavy atom. The minimum atomic E-state index is 1.11. The highest BCUT2D eigenvalue weighted by atomic mass is 15.1. The van der Waals surface area contributed by atoms with Gasteiger partial charge in [0, 0.05) is 10.8 Å². The van der Waals surface area contributed by atoms with Gasteiger partial charge in [-0.25, -0.2) is 0 Å². The molecule has 0 amide bonds. The molecule has 0 radical (unpaired) electrons. The monoisotopic (exact) mass is 466 g/mol. The molecule has 7 rings (SSSR count). The lowest BCUT2D eigenvalue weighted by Crippen LogP contribution is -2.08. The average Bonchev–Trinajstić information content (AvgIpc) is 2.96. The summed E-state index contributed by atoms with van der Waals surface area (Å²) in [6.07, 6.45) is 15.3. The Morgan fingerprint density at radius 1 is 0.611 bits per heavy atom. The van der Waals surface area contributed by atoms with E-state index in [9.17, 15) is 0 Å². The van der Waals surface area contributed by atoms with E-state index in [-0.39, 0.29) is 0 Å². The van der Waals surface area contributed by atoms with Gasteiger partial charge in [-0.1, -0.05) is 103 Å². The molecule has 0 unspecified atom stereocenters. The van der Waals surface area contributed by atoms with Gasteiger partial charge in [0.25, 0.3) is 0 Å². The van der Waals surface area contributed by atoms with Gasteiger partial charge < -0.3 is 0 Å². The second-order valence-corrected chi connectivity index (χ2v) is 9.67. The van der Waals surface area contributed by atoms with Crippen LogP contribution in [-0.4, -0.2) is 10.2 Å². The second-order valence-electron chi connectivity index (χ2n) is 9.67. The summed E-state index contributed by atoms with van der Waals surface area (Å²) in [5.74, 6) is 0. The van der Waals surface area contributed by atoms with Crippen LogP contribution < -0.4 is 0 Å². The van der Waals surface area contributed by atoms with Crippen molar-refractivity contribution in [2.24, 2.45) is 0 Å². The molecule has 2 heteroatoms. The van der Waals surface area contributed by atoms with Crippen LogP contribution in [0.15, 0.2) is 115 Å². The quantitative estimate of drug-likeness (QED) is 0.267. The van der Waals surface area contributed by atoms with E-state index in [1.807, 2.05) is 24.3 Å². The average molecular weight is 467 g/mol. The maximum atomic E-state index is 3.76. The lowest BCUT2D eigenvalue weighted by molar-refractivity contribution is 0.830. The molecular formula is C34H30N2. The summed E-state index contributed by atoms with van der Waals surface area (Å²) < 4.78 is 0. The Hall–Kier alpha value is -4.04. The SMILES string of the molecule is C1=CC2=C(CC1)CCc1c2ccc2cccc(CCc3ccccc3)c12.c1ccc2cnncc2c1. The molecule has 2 aliphatic carbocycles. The van der Waals surface area contributed by atoms with Gasteiger partial charge in [-0.2, -0.15) is 10.2 Å². The van der Waals surface area contributed by atoms with Crippen molar-refractivity contribution in [2.75, 3.05) is 0 Å². The molecule has 0 aliphatic heterocycles. The van der Waals surface area contributed by atoms with Crippen LogP contribution >= 0.6 is 0 Å². The minimum absolute atomic E-state index is 1.11. The highest BCUT2D eigenvalue weighted by molar-refractivity contribution is 5.95. The Labute approximate surface area is 213 Å². The molecule has 0 saturated carbocycles. The highest BCUT2D eigenvalue weighted by Crippen LogP contribution is 2.40. The predicted octanol–water partition coefficient (Wildman–Crippen LogP) is 8.30. The van der Waals surface area contributed by atoms with E-state index in [1.54, 1.807) is 23.5 Å². The third kappa shape index (κ3) is 4.59. The van der Waals surface area contributed by atoms with Crippen LogP contribution in [0.4, 0.5) is 0 Å². The number of aromatic nitrogens is 2. The van der Waals surface area contributed by atoms with E-state index < -0.39 is 0 Å². The van der Waals surface area contributed by atoms with Crippen molar-refractivity contribution >= 4 is 27.1 Å². The standard InChI is InChI=1S/C26H24.C8H6N2/c1-2-7-19(8-3-1)13-14-21-10-6-11-22-16-17-24-23-12-5-4-9-20(23)15-18-25(24)26(21)22;1-2-4-8-6-10-9-5-7(8)3-1/h1-3,5-8,10-12,16-17H,4,9,13-15,18H2;1-6H. The molecular weight excluding hydrogens is 436 g/mol. The molecule has 2 aliphatic rings. The second kappa shape index (κ2) is 10.3. The molecule has 5 aromatic rings. The zero-order chi connectivity index (χ0) is 24.2. The van der Waals surface area contributed by atoms with Crippen molar-refractivity contribution in [3.05, 3.63) is 137 Å². The predicted molar refractivity (Wildman–Crippen MR) is 151 cm³/mol. The maximum absolute atomic E-state index is 3.76. The van der Waals surface area contributed by atoms with Crippen molar-refractivity contribution in [3.63, 3.8) is 0 Å². The number of allylic oxidation sites excluding steroid dienone is 4. The minimum Gasteiger partial charge on any atom is -0.158 e. The van der Waals surface area contributed by atoms with Crippen LogP contribution in [0.3, 0.4) is 0 Å². The molecule has 36 heavy (non-hydrogen) atoms. The number of aryl methyl sites for hydroxylation is 3.